The highest BCUT2D eigenvalue weighted by Crippen LogP contribution is 2.27. The lowest BCUT2D eigenvalue weighted by molar-refractivity contribution is 0.0749. The molecule has 21 nitrogen and oxygen atoms in total. The molecular formula is C23H60O21Si20. The largest absolute Gasteiger partial charge is 0.579 e. The predicted octanol–water partition coefficient (Wildman–Crippen LogP) is 0.742. The molecule has 0 bridgehead atoms. The van der Waals surface area contributed by atoms with Crippen LogP contribution >= 0.6 is 0 Å². The third-order valence-electron chi connectivity index (χ3n) is 8.48. The van der Waals surface area contributed by atoms with Crippen LogP contribution in [0.15, 0.2) is 0 Å². The Balaban J connectivity index is 6.73. The van der Waals surface area contributed by atoms with Crippen molar-refractivity contribution in [3.63, 3.8) is 0 Å². The van der Waals surface area contributed by atoms with E-state index in [-0.39, 0.29) is 38.0 Å². The molecule has 0 aliphatic heterocycles. The van der Waals surface area contributed by atoms with E-state index in [0.29, 0.717) is 12.8 Å². The van der Waals surface area contributed by atoms with Crippen molar-refractivity contribution in [2.45, 2.75) is 131 Å². The lowest BCUT2D eigenvalue weighted by Gasteiger charge is -2.35. The van der Waals surface area contributed by atoms with Crippen molar-refractivity contribution >= 4 is 159 Å². The zero-order valence-corrected chi connectivity index (χ0v) is 58.9. The van der Waals surface area contributed by atoms with E-state index in [9.17, 15) is 62.5 Å². The van der Waals surface area contributed by atoms with Gasteiger partial charge < -0.3 is 92.2 Å². The number of hydrogen-bond donors (Lipinski definition) is 0. The molecule has 0 heterocycles. The maximum atomic E-state index is 14.4. The van der Waals surface area contributed by atoms with Crippen LogP contribution in [0.1, 0.15) is 53.4 Å². The summed E-state index contributed by atoms with van der Waals surface area (Å²) in [6.07, 6.45) is 2.17. The zero-order valence-electron chi connectivity index (χ0n) is 38.9. The summed E-state index contributed by atoms with van der Waals surface area (Å²) < 4.78 is 230. The lowest BCUT2D eigenvalue weighted by Crippen LogP contribution is -2.65. The fraction of sp³-hybridized carbons (Fsp3) is 1.00. The average Bonchev–Trinajstić information content (AvgIpc) is 3.17. The van der Waals surface area contributed by atoms with Gasteiger partial charge in [-0.2, -0.15) is 0 Å². The second-order valence-electron chi connectivity index (χ2n) is 17.1. The van der Waals surface area contributed by atoms with E-state index in [1.165, 1.54) is 26.2 Å². The van der Waals surface area contributed by atoms with Gasteiger partial charge in [0.05, 0.1) is 0 Å². The normalized spacial score (nSPS) is 13.8. The molecule has 64 heavy (non-hydrogen) atoms. The summed E-state index contributed by atoms with van der Waals surface area (Å²) in [4.78, 5) is 0. The summed E-state index contributed by atoms with van der Waals surface area (Å²) in [5, 5.41) is 0. The van der Waals surface area contributed by atoms with Crippen LogP contribution in [0.4, 0.5) is 0 Å². The van der Waals surface area contributed by atoms with E-state index in [1.807, 2.05) is 26.6 Å². The summed E-state index contributed by atoms with van der Waals surface area (Å²) in [7, 11) is -74.4. The van der Waals surface area contributed by atoms with Gasteiger partial charge in [-0.15, -0.1) is 0 Å². The Hall–Kier alpha value is 0.778. The molecule has 0 aromatic carbocycles. The van der Waals surface area contributed by atoms with Crippen molar-refractivity contribution in [1.82, 2.24) is 0 Å². The second-order valence-corrected chi connectivity index (χ2v) is 111. The van der Waals surface area contributed by atoms with Gasteiger partial charge in [-0.05, 0) is 72.6 Å². The molecule has 0 aromatic rings. The highest BCUT2D eigenvalue weighted by atomic mass is 30.1. The minimum Gasteiger partial charge on any atom is -0.579 e. The van der Waals surface area contributed by atoms with Crippen LogP contribution in [0.25, 0.3) is 0 Å². The maximum absolute atomic E-state index is 14.4. The molecule has 0 aliphatic rings. The third kappa shape index (κ3) is 20.2. The lowest BCUT2D eigenvalue weighted by atomic mass is 10.2. The van der Waals surface area contributed by atoms with Crippen molar-refractivity contribution < 1.29 is 92.2 Å². The Morgan fingerprint density at radius 3 is 1.19 bits per heavy atom. The number of hydrogen-bond acceptors (Lipinski definition) is 21. The highest BCUT2D eigenvalue weighted by molar-refractivity contribution is 7.77. The van der Waals surface area contributed by atoms with E-state index in [1.54, 1.807) is 40.4 Å². The number of rotatable bonds is 35. The Labute approximate surface area is 398 Å². The van der Waals surface area contributed by atoms with E-state index in [0.717, 1.165) is 6.42 Å². The van der Waals surface area contributed by atoms with Gasteiger partial charge in [0.25, 0.3) is 15.7 Å². The van der Waals surface area contributed by atoms with Crippen LogP contribution in [0.5, 0.6) is 0 Å². The molecule has 0 N–H and O–H groups in total. The van der Waals surface area contributed by atoms with E-state index in [4.69, 9.17) is 29.7 Å². The summed E-state index contributed by atoms with van der Waals surface area (Å²) in [6, 6.07) is -0.158. The second kappa shape index (κ2) is 28.0. The van der Waals surface area contributed by atoms with Gasteiger partial charge >= 0.3 is 128 Å². The van der Waals surface area contributed by atoms with Crippen molar-refractivity contribution in [1.29, 1.82) is 0 Å². The molecule has 0 aliphatic carbocycles. The van der Waals surface area contributed by atoms with Gasteiger partial charge in [-0.3, -0.25) is 0 Å². The van der Waals surface area contributed by atoms with Gasteiger partial charge in [0.2, 0.25) is 0 Å². The van der Waals surface area contributed by atoms with Crippen LogP contribution in [0.3, 0.4) is 0 Å². The summed E-state index contributed by atoms with van der Waals surface area (Å²) in [5.74, 6) is 0. The van der Waals surface area contributed by atoms with Crippen LogP contribution in [0, 0.1) is 0 Å². The Kier molecular flexibility index (Phi) is 28.3. The quantitative estimate of drug-likeness (QED) is 0.0624. The topological polar surface area (TPSA) is 304 Å². The smallest absolute Gasteiger partial charge is 0.533 e. The van der Waals surface area contributed by atoms with Gasteiger partial charge in [0.15, 0.2) is 15.9 Å². The Morgan fingerprint density at radius 1 is 0.406 bits per heavy atom. The minimum atomic E-state index is -4.21. The first-order chi connectivity index (χ1) is 29.1. The zero-order chi connectivity index (χ0) is 50.4. The molecule has 0 saturated carbocycles. The molecule has 0 fully saturated rings. The van der Waals surface area contributed by atoms with Crippen molar-refractivity contribution in [2.24, 2.45) is 0 Å². The maximum Gasteiger partial charge on any atom is 0.533 e. The summed E-state index contributed by atoms with van der Waals surface area (Å²) >= 11 is 0. The van der Waals surface area contributed by atoms with Gasteiger partial charge in [-0.1, -0.05) is 52.2 Å². The van der Waals surface area contributed by atoms with Crippen molar-refractivity contribution in [2.75, 3.05) is 19.8 Å². The van der Waals surface area contributed by atoms with E-state index < -0.39 is 159 Å². The molecule has 2 unspecified atom stereocenters. The van der Waals surface area contributed by atoms with Gasteiger partial charge in [0.1, 0.15) is 0 Å². The van der Waals surface area contributed by atoms with Gasteiger partial charge in [0, 0.05) is 25.5 Å². The summed E-state index contributed by atoms with van der Waals surface area (Å²) in [6.45, 7) is 23.6. The standard InChI is InChI=1S/C23H60O21Si20/c1-15-19-20-21-22-62(13,57(36)56(35)54(33)53(32)52(31)51(30)50(29)48(27)45(24)41-61(11,12)44-59(5,6)7)42-46(25)49(28)55(34)58(37)63(14,43-47(26)60(8,9)10)23-64(38-16-2,39-17-3)40-18-4/h15-23H2,1-14H3. The molecule has 0 saturated heterocycles. The van der Waals surface area contributed by atoms with E-state index in [2.05, 4.69) is 0 Å². The fourth-order valence-corrected chi connectivity index (χ4v) is 181. The molecule has 0 radical (unpaired) electrons. The van der Waals surface area contributed by atoms with Crippen LogP contribution in [0.2, 0.25) is 77.2 Å². The minimum absolute atomic E-state index is 0.102. The molecule has 0 amide bonds. The monoisotopic (exact) mass is 1230 g/mol. The third-order valence-corrected chi connectivity index (χ3v) is 136. The van der Waals surface area contributed by atoms with Crippen LogP contribution in [-0.2, 0) is 92.2 Å². The number of unbranched alkanes of at least 4 members (excludes halogenated alkanes) is 3. The molecule has 41 heteroatoms. The average molecular weight is 1230 g/mol. The van der Waals surface area contributed by atoms with Crippen LogP contribution < -0.4 is 0 Å². The fourth-order valence-electron chi connectivity index (χ4n) is 5.64. The first-order valence-electron chi connectivity index (χ1n) is 20.4. The molecule has 0 spiro atoms. The highest BCUT2D eigenvalue weighted by Gasteiger charge is 2.62. The first-order valence-corrected chi connectivity index (χ1v) is 70.7. The van der Waals surface area contributed by atoms with Crippen molar-refractivity contribution in [3.05, 3.63) is 0 Å². The molecule has 2 atom stereocenters. The molecule has 0 rings (SSSR count). The predicted molar refractivity (Wildman–Crippen MR) is 256 cm³/mol. The van der Waals surface area contributed by atoms with E-state index >= 15 is 0 Å². The van der Waals surface area contributed by atoms with Crippen molar-refractivity contribution in [3.8, 4) is 0 Å². The molecule has 0 aromatic heterocycles. The Morgan fingerprint density at radius 2 is 0.781 bits per heavy atom. The van der Waals surface area contributed by atoms with Gasteiger partial charge in [-0.25, -0.2) is 0 Å². The molecular weight excluding hydrogens is 1170 g/mol. The first kappa shape index (κ1) is 64.8. The summed E-state index contributed by atoms with van der Waals surface area (Å²) in [5.41, 5.74) is -0.282. The SMILES string of the molecule is CCCCCC[Si](C)(O[Si](=O)[Si](=O)[Si](=O)[Si](=O)[Si](C)(C[Si](OCC)(OCC)OCC)O[Si](=O)[Si](C)(C)C)[Si](=O)[Si](=O)[Si](=O)[Si](=O)[Si](=O)[Si](=O)[Si](=O)[Si](=O)[Si](=O)O[Si](C)(C)O[Si](C)(C)C. The molecule has 358 valence electrons. The Bertz CT molecular complexity index is 1930. The van der Waals surface area contributed by atoms with Crippen LogP contribution in [-0.4, -0.2) is 179 Å².